The lowest BCUT2D eigenvalue weighted by Gasteiger charge is -2.33. The Balaban J connectivity index is 1.35. The van der Waals surface area contributed by atoms with E-state index in [1.807, 2.05) is 41.4 Å². The number of hydrogen-bond donors (Lipinski definition) is 1. The highest BCUT2D eigenvalue weighted by molar-refractivity contribution is 5.98. The molecule has 172 valence electrons. The van der Waals surface area contributed by atoms with E-state index < -0.39 is 0 Å². The maximum absolute atomic E-state index is 13.3. The van der Waals surface area contributed by atoms with Gasteiger partial charge in [0.15, 0.2) is 0 Å². The van der Waals surface area contributed by atoms with Crippen molar-refractivity contribution < 1.29 is 19.1 Å². The summed E-state index contributed by atoms with van der Waals surface area (Å²) in [6.07, 6.45) is 4.83. The maximum atomic E-state index is 13.3. The smallest absolute Gasteiger partial charge is 0.323 e. The number of fused-ring (bicyclic) bond motifs is 2. The van der Waals surface area contributed by atoms with Gasteiger partial charge < -0.3 is 19.4 Å². The third-order valence-electron chi connectivity index (χ3n) is 6.66. The Labute approximate surface area is 193 Å². The Morgan fingerprint density at radius 3 is 2.91 bits per heavy atom. The molecule has 0 spiro atoms. The Morgan fingerprint density at radius 1 is 1.12 bits per heavy atom. The van der Waals surface area contributed by atoms with Crippen molar-refractivity contribution in [2.75, 3.05) is 26.8 Å². The van der Waals surface area contributed by atoms with Crippen LogP contribution in [0, 0.1) is 0 Å². The minimum atomic E-state index is -0.194. The molecule has 5 rings (SSSR count). The van der Waals surface area contributed by atoms with E-state index >= 15 is 0 Å². The Bertz CT molecular complexity index is 1170. The van der Waals surface area contributed by atoms with Crippen molar-refractivity contribution in [3.8, 4) is 5.75 Å². The van der Waals surface area contributed by atoms with E-state index in [1.54, 1.807) is 0 Å². The lowest BCUT2D eigenvalue weighted by molar-refractivity contribution is -0.148. The molecule has 0 aliphatic carbocycles. The first kappa shape index (κ1) is 21.5. The van der Waals surface area contributed by atoms with Gasteiger partial charge in [-0.2, -0.15) is 0 Å². The first-order chi connectivity index (χ1) is 16.1. The normalized spacial score (nSPS) is 18.9. The van der Waals surface area contributed by atoms with E-state index in [1.165, 1.54) is 7.11 Å². The molecular formula is C26H29N3O4. The second-order valence-corrected chi connectivity index (χ2v) is 8.80. The van der Waals surface area contributed by atoms with Crippen LogP contribution in [0.1, 0.15) is 40.7 Å². The van der Waals surface area contributed by atoms with Gasteiger partial charge in [0.05, 0.1) is 13.7 Å². The fourth-order valence-corrected chi connectivity index (χ4v) is 4.91. The number of nitrogens with one attached hydrogen (secondary N) is 1. The zero-order valence-electron chi connectivity index (χ0n) is 18.9. The van der Waals surface area contributed by atoms with Crippen molar-refractivity contribution in [1.29, 1.82) is 0 Å². The van der Waals surface area contributed by atoms with Crippen molar-refractivity contribution in [2.45, 2.75) is 38.4 Å². The molecule has 1 saturated heterocycles. The first-order valence-electron chi connectivity index (χ1n) is 11.6. The van der Waals surface area contributed by atoms with Gasteiger partial charge in [0.1, 0.15) is 18.4 Å². The molecule has 2 aliphatic heterocycles. The number of carbonyl (C=O) groups excluding carboxylic acids is 2. The summed E-state index contributed by atoms with van der Waals surface area (Å²) in [5, 5.41) is 1.02. The van der Waals surface area contributed by atoms with Gasteiger partial charge in [-0.3, -0.25) is 14.5 Å². The number of carbonyl (C=O) groups is 2. The Kier molecular flexibility index (Phi) is 6.05. The van der Waals surface area contributed by atoms with Gasteiger partial charge in [0, 0.05) is 41.3 Å². The first-order valence-corrected chi connectivity index (χ1v) is 11.6. The molecule has 0 saturated carbocycles. The largest absolute Gasteiger partial charge is 0.491 e. The van der Waals surface area contributed by atoms with Crippen LogP contribution in [0.4, 0.5) is 0 Å². The SMILES string of the molecule is COC(=O)[C@H]1CCCCN1Cc1ccc2c(c1)CN(C(=O)c1ccc3[nH]ccc3c1)CCO2. The molecular weight excluding hydrogens is 418 g/mol. The predicted molar refractivity (Wildman–Crippen MR) is 125 cm³/mol. The summed E-state index contributed by atoms with van der Waals surface area (Å²) in [5.74, 6) is 0.656. The van der Waals surface area contributed by atoms with Crippen LogP contribution in [-0.4, -0.2) is 59.5 Å². The summed E-state index contributed by atoms with van der Waals surface area (Å²) in [5.41, 5.74) is 3.79. The number of aromatic nitrogens is 1. The minimum Gasteiger partial charge on any atom is -0.491 e. The van der Waals surface area contributed by atoms with Crippen molar-refractivity contribution in [3.63, 3.8) is 0 Å². The number of amides is 1. The molecule has 0 unspecified atom stereocenters. The summed E-state index contributed by atoms with van der Waals surface area (Å²) in [6, 6.07) is 13.7. The molecule has 0 bridgehead atoms. The number of H-pyrrole nitrogens is 1. The van der Waals surface area contributed by atoms with Crippen LogP contribution in [0.3, 0.4) is 0 Å². The quantitative estimate of drug-likeness (QED) is 0.617. The number of likely N-dealkylation sites (tertiary alicyclic amines) is 1. The van der Waals surface area contributed by atoms with Crippen LogP contribution in [0.5, 0.6) is 5.75 Å². The van der Waals surface area contributed by atoms with E-state index in [-0.39, 0.29) is 17.9 Å². The number of aromatic amines is 1. The molecule has 2 aliphatic rings. The van der Waals surface area contributed by atoms with Crippen molar-refractivity contribution in [3.05, 3.63) is 65.4 Å². The second-order valence-electron chi connectivity index (χ2n) is 8.80. The molecule has 3 heterocycles. The molecule has 3 aromatic rings. The molecule has 7 nitrogen and oxygen atoms in total. The van der Waals surface area contributed by atoms with Crippen LogP contribution in [0.25, 0.3) is 10.9 Å². The highest BCUT2D eigenvalue weighted by Crippen LogP contribution is 2.28. The fourth-order valence-electron chi connectivity index (χ4n) is 4.91. The lowest BCUT2D eigenvalue weighted by Crippen LogP contribution is -2.44. The van der Waals surface area contributed by atoms with Crippen molar-refractivity contribution >= 4 is 22.8 Å². The van der Waals surface area contributed by atoms with Crippen molar-refractivity contribution in [1.82, 2.24) is 14.8 Å². The Morgan fingerprint density at radius 2 is 2.03 bits per heavy atom. The van der Waals surface area contributed by atoms with E-state index in [2.05, 4.69) is 22.0 Å². The zero-order chi connectivity index (χ0) is 22.8. The molecule has 1 fully saturated rings. The van der Waals surface area contributed by atoms with Crippen LogP contribution >= 0.6 is 0 Å². The van der Waals surface area contributed by atoms with Gasteiger partial charge in [0.25, 0.3) is 5.91 Å². The van der Waals surface area contributed by atoms with Crippen LogP contribution in [-0.2, 0) is 22.6 Å². The topological polar surface area (TPSA) is 74.9 Å². The van der Waals surface area contributed by atoms with Crippen LogP contribution < -0.4 is 4.74 Å². The number of methoxy groups -OCH3 is 1. The molecule has 1 amide bonds. The van der Waals surface area contributed by atoms with Gasteiger partial charge in [-0.15, -0.1) is 0 Å². The van der Waals surface area contributed by atoms with Gasteiger partial charge in [-0.25, -0.2) is 0 Å². The Hall–Kier alpha value is -3.32. The number of esters is 1. The van der Waals surface area contributed by atoms with Crippen molar-refractivity contribution in [2.24, 2.45) is 0 Å². The predicted octanol–water partition coefficient (Wildman–Crippen LogP) is 3.73. The fraction of sp³-hybridized carbons (Fsp3) is 0.385. The summed E-state index contributed by atoms with van der Waals surface area (Å²) < 4.78 is 11.0. The average Bonchev–Trinajstić information content (AvgIpc) is 3.21. The second kappa shape index (κ2) is 9.27. The summed E-state index contributed by atoms with van der Waals surface area (Å²) in [7, 11) is 1.45. The number of piperidine rings is 1. The van der Waals surface area contributed by atoms with Gasteiger partial charge >= 0.3 is 5.97 Å². The highest BCUT2D eigenvalue weighted by atomic mass is 16.5. The third kappa shape index (κ3) is 4.46. The molecule has 2 aromatic carbocycles. The lowest BCUT2D eigenvalue weighted by atomic mass is 10.0. The molecule has 1 N–H and O–H groups in total. The number of rotatable bonds is 4. The average molecular weight is 448 g/mol. The van der Waals surface area contributed by atoms with Crippen LogP contribution in [0.2, 0.25) is 0 Å². The van der Waals surface area contributed by atoms with E-state index in [0.717, 1.165) is 53.6 Å². The highest BCUT2D eigenvalue weighted by Gasteiger charge is 2.30. The third-order valence-corrected chi connectivity index (χ3v) is 6.66. The van der Waals surface area contributed by atoms with E-state index in [9.17, 15) is 9.59 Å². The van der Waals surface area contributed by atoms with E-state index in [0.29, 0.717) is 31.8 Å². The molecule has 0 radical (unpaired) electrons. The minimum absolute atomic E-state index is 0.00161. The summed E-state index contributed by atoms with van der Waals surface area (Å²) in [4.78, 5) is 32.7. The van der Waals surface area contributed by atoms with Crippen LogP contribution in [0.15, 0.2) is 48.7 Å². The summed E-state index contributed by atoms with van der Waals surface area (Å²) >= 11 is 0. The molecule has 33 heavy (non-hydrogen) atoms. The number of nitrogens with zero attached hydrogens (tertiary/aromatic N) is 2. The summed E-state index contributed by atoms with van der Waals surface area (Å²) in [6.45, 7) is 3.03. The van der Waals surface area contributed by atoms with E-state index in [4.69, 9.17) is 9.47 Å². The van der Waals surface area contributed by atoms with Gasteiger partial charge in [-0.1, -0.05) is 12.5 Å². The molecule has 1 atom stereocenters. The number of hydrogen-bond acceptors (Lipinski definition) is 5. The molecule has 7 heteroatoms. The monoisotopic (exact) mass is 447 g/mol. The molecule has 1 aromatic heterocycles. The van der Waals surface area contributed by atoms with Gasteiger partial charge in [0.2, 0.25) is 0 Å². The van der Waals surface area contributed by atoms with Gasteiger partial charge in [-0.05, 0) is 61.3 Å². The maximum Gasteiger partial charge on any atom is 0.323 e. The standard InChI is InChI=1S/C26H29N3O4/c1-32-26(31)23-4-2-3-11-28(23)16-18-5-8-24-21(14-18)17-29(12-13-33-24)25(30)20-6-7-22-19(15-20)9-10-27-22/h5-10,14-15,23,27H,2-4,11-13,16-17H2,1H3/t23-/m1/s1. The number of benzene rings is 2. The zero-order valence-corrected chi connectivity index (χ0v) is 18.9. The number of ether oxygens (including phenoxy) is 2.